The van der Waals surface area contributed by atoms with Gasteiger partial charge in [-0.05, 0) is 51.0 Å². The van der Waals surface area contributed by atoms with Crippen molar-refractivity contribution in [2.24, 2.45) is 5.92 Å². The summed E-state index contributed by atoms with van der Waals surface area (Å²) in [6.45, 7) is 7.81. The summed E-state index contributed by atoms with van der Waals surface area (Å²) in [7, 11) is -4.19. The average Bonchev–Trinajstić information content (AvgIpc) is 2.72. The summed E-state index contributed by atoms with van der Waals surface area (Å²) in [5, 5.41) is 12.0. The first-order chi connectivity index (χ1) is 16.3. The Bertz CT molecular complexity index is 1150. The molecule has 192 valence electrons. The van der Waals surface area contributed by atoms with Crippen molar-refractivity contribution in [3.8, 4) is 11.5 Å². The fraction of sp³-hybridized carbons (Fsp3) is 0.375. The molecule has 8 nitrogen and oxygen atoms in total. The summed E-state index contributed by atoms with van der Waals surface area (Å²) in [6, 6.07) is 9.21. The van der Waals surface area contributed by atoms with Gasteiger partial charge in [0.05, 0.1) is 12.3 Å². The van der Waals surface area contributed by atoms with E-state index in [1.54, 1.807) is 13.8 Å². The third-order valence-corrected chi connectivity index (χ3v) is 6.05. The van der Waals surface area contributed by atoms with E-state index < -0.39 is 22.0 Å². The maximum Gasteiger partial charge on any atom is 0.394 e. The number of carbonyl (C=O) groups excluding carboxylic acids is 1. The van der Waals surface area contributed by atoms with Crippen LogP contribution in [0.2, 0.25) is 0 Å². The number of benzene rings is 2. The minimum atomic E-state index is -4.19. The lowest BCUT2D eigenvalue weighted by molar-refractivity contribution is -0.158. The zero-order valence-corrected chi connectivity index (χ0v) is 20.6. The molecule has 35 heavy (non-hydrogen) atoms. The number of rotatable bonds is 13. The first kappa shape index (κ1) is 28.1. The molecule has 3 N–H and O–H groups in total. The van der Waals surface area contributed by atoms with Gasteiger partial charge in [-0.1, -0.05) is 11.6 Å². The smallest absolute Gasteiger partial charge is 0.394 e. The number of allylic oxidation sites excluding steroid dienone is 1. The van der Waals surface area contributed by atoms with Crippen molar-refractivity contribution in [2.75, 3.05) is 23.3 Å². The van der Waals surface area contributed by atoms with Gasteiger partial charge in [-0.3, -0.25) is 9.52 Å². The lowest BCUT2D eigenvalue weighted by Gasteiger charge is -2.18. The van der Waals surface area contributed by atoms with Crippen molar-refractivity contribution >= 4 is 27.3 Å². The molecule has 2 aromatic rings. The molecule has 2 aromatic carbocycles. The van der Waals surface area contributed by atoms with Crippen LogP contribution in [-0.2, 0) is 14.8 Å². The molecule has 0 saturated carbocycles. The number of alkyl halides is 2. The predicted molar refractivity (Wildman–Crippen MR) is 129 cm³/mol. The minimum Gasteiger partial charge on any atom is -0.492 e. The monoisotopic (exact) mass is 512 g/mol. The minimum absolute atomic E-state index is 0.0103. The van der Waals surface area contributed by atoms with Gasteiger partial charge in [0.2, 0.25) is 5.91 Å². The number of aliphatic hydroxyl groups is 1. The van der Waals surface area contributed by atoms with Gasteiger partial charge in [-0.15, -0.1) is 6.58 Å². The molecule has 0 aromatic heterocycles. The van der Waals surface area contributed by atoms with E-state index in [0.717, 1.165) is 11.6 Å². The zero-order valence-electron chi connectivity index (χ0n) is 19.8. The van der Waals surface area contributed by atoms with E-state index in [1.165, 1.54) is 36.4 Å². The van der Waals surface area contributed by atoms with Crippen LogP contribution in [-0.4, -0.2) is 38.8 Å². The van der Waals surface area contributed by atoms with Gasteiger partial charge in [0.1, 0.15) is 16.4 Å². The predicted octanol–water partition coefficient (Wildman–Crippen LogP) is 4.78. The van der Waals surface area contributed by atoms with Gasteiger partial charge >= 0.3 is 6.11 Å². The van der Waals surface area contributed by atoms with E-state index in [1.807, 2.05) is 0 Å². The van der Waals surface area contributed by atoms with Gasteiger partial charge in [-0.2, -0.15) is 8.78 Å². The highest BCUT2D eigenvalue weighted by atomic mass is 32.2. The lowest BCUT2D eigenvalue weighted by Crippen LogP contribution is -2.24. The van der Waals surface area contributed by atoms with Crippen LogP contribution in [0.4, 0.5) is 20.2 Å². The van der Waals surface area contributed by atoms with E-state index in [-0.39, 0.29) is 47.6 Å². The van der Waals surface area contributed by atoms with Gasteiger partial charge < -0.3 is 19.9 Å². The Balaban J connectivity index is 2.29. The SMILES string of the molecule is C=C(C)CC(CCO)C(=O)Nc1ccc(S(=O)(=O)Nc2cccc(OC(C)(F)F)c2)c(OCC)c1. The molecule has 0 aliphatic heterocycles. The molecule has 0 spiro atoms. The van der Waals surface area contributed by atoms with Crippen molar-refractivity contribution in [3.63, 3.8) is 0 Å². The normalized spacial score (nSPS) is 12.5. The van der Waals surface area contributed by atoms with E-state index in [9.17, 15) is 27.1 Å². The Kier molecular flexibility index (Phi) is 9.61. The summed E-state index contributed by atoms with van der Waals surface area (Å²) in [6.07, 6.45) is -2.78. The van der Waals surface area contributed by atoms with Crippen LogP contribution >= 0.6 is 0 Å². The second-order valence-electron chi connectivity index (χ2n) is 8.00. The molecule has 1 atom stereocenters. The highest BCUT2D eigenvalue weighted by molar-refractivity contribution is 7.92. The molecule has 0 aliphatic carbocycles. The molecule has 0 aliphatic rings. The second-order valence-corrected chi connectivity index (χ2v) is 9.65. The number of hydrogen-bond donors (Lipinski definition) is 3. The highest BCUT2D eigenvalue weighted by Gasteiger charge is 2.25. The van der Waals surface area contributed by atoms with Crippen molar-refractivity contribution in [1.29, 1.82) is 0 Å². The zero-order chi connectivity index (χ0) is 26.2. The molecule has 0 fully saturated rings. The van der Waals surface area contributed by atoms with Crippen molar-refractivity contribution in [1.82, 2.24) is 0 Å². The van der Waals surface area contributed by atoms with Crippen molar-refractivity contribution < 1.29 is 36.6 Å². The van der Waals surface area contributed by atoms with Crippen LogP contribution in [0.5, 0.6) is 11.5 Å². The van der Waals surface area contributed by atoms with Crippen LogP contribution in [0.3, 0.4) is 0 Å². The third-order valence-electron chi connectivity index (χ3n) is 4.63. The third kappa shape index (κ3) is 8.84. The number of amides is 1. The Labute approximate surface area is 204 Å². The molecule has 2 rings (SSSR count). The van der Waals surface area contributed by atoms with Crippen LogP contribution in [0.25, 0.3) is 0 Å². The lowest BCUT2D eigenvalue weighted by atomic mass is 9.97. The Morgan fingerprint density at radius 2 is 1.91 bits per heavy atom. The van der Waals surface area contributed by atoms with Crippen LogP contribution < -0.4 is 19.5 Å². The van der Waals surface area contributed by atoms with Crippen molar-refractivity contribution in [2.45, 2.75) is 44.6 Å². The number of nitrogens with one attached hydrogen (secondary N) is 2. The first-order valence-electron chi connectivity index (χ1n) is 10.9. The van der Waals surface area contributed by atoms with Gasteiger partial charge in [0.15, 0.2) is 0 Å². The summed E-state index contributed by atoms with van der Waals surface area (Å²) < 4.78 is 64.7. The van der Waals surface area contributed by atoms with Crippen LogP contribution in [0, 0.1) is 5.92 Å². The highest BCUT2D eigenvalue weighted by Crippen LogP contribution is 2.31. The van der Waals surface area contributed by atoms with E-state index >= 15 is 0 Å². The fourth-order valence-corrected chi connectivity index (χ4v) is 4.44. The number of aliphatic hydroxyl groups excluding tert-OH is 1. The van der Waals surface area contributed by atoms with E-state index in [4.69, 9.17) is 4.74 Å². The topological polar surface area (TPSA) is 114 Å². The molecular formula is C24H30F2N2O6S. The molecule has 0 saturated heterocycles. The second kappa shape index (κ2) is 12.0. The Morgan fingerprint density at radius 1 is 1.20 bits per heavy atom. The summed E-state index contributed by atoms with van der Waals surface area (Å²) in [4.78, 5) is 12.5. The van der Waals surface area contributed by atoms with Crippen LogP contribution in [0.15, 0.2) is 59.5 Å². The molecule has 0 radical (unpaired) electrons. The number of sulfonamides is 1. The number of hydrogen-bond acceptors (Lipinski definition) is 6. The van der Waals surface area contributed by atoms with Crippen LogP contribution in [0.1, 0.15) is 33.6 Å². The number of anilines is 2. The first-order valence-corrected chi connectivity index (χ1v) is 12.4. The average molecular weight is 513 g/mol. The summed E-state index contributed by atoms with van der Waals surface area (Å²) >= 11 is 0. The van der Waals surface area contributed by atoms with E-state index in [2.05, 4.69) is 21.4 Å². The molecule has 11 heteroatoms. The molecular weight excluding hydrogens is 482 g/mol. The van der Waals surface area contributed by atoms with Crippen molar-refractivity contribution in [3.05, 3.63) is 54.6 Å². The summed E-state index contributed by atoms with van der Waals surface area (Å²) in [5.74, 6) is -1.07. The summed E-state index contributed by atoms with van der Waals surface area (Å²) in [5.41, 5.74) is 1.11. The van der Waals surface area contributed by atoms with Gasteiger partial charge in [0, 0.05) is 37.3 Å². The molecule has 1 unspecified atom stereocenters. The molecule has 0 heterocycles. The molecule has 0 bridgehead atoms. The Hall–Kier alpha value is -3.18. The quantitative estimate of drug-likeness (QED) is 0.333. The molecule has 1 amide bonds. The number of carbonyl (C=O) groups is 1. The van der Waals surface area contributed by atoms with Gasteiger partial charge in [-0.25, -0.2) is 8.42 Å². The maximum atomic E-state index is 13.1. The van der Waals surface area contributed by atoms with Gasteiger partial charge in [0.25, 0.3) is 10.0 Å². The number of halogens is 2. The van der Waals surface area contributed by atoms with E-state index in [0.29, 0.717) is 19.0 Å². The standard InChI is InChI=1S/C24H30F2N2O6S/c1-5-33-21-15-18(27-23(30)17(11-12-29)13-16(2)3)9-10-22(21)35(31,32)28-19-7-6-8-20(14-19)34-24(4,25)26/h6-10,14-15,17,28-29H,2,5,11-13H2,1,3-4H3,(H,27,30). The fourth-order valence-electron chi connectivity index (χ4n) is 3.26. The number of ether oxygens (including phenoxy) is 2. The maximum absolute atomic E-state index is 13.1. The largest absolute Gasteiger partial charge is 0.492 e. The Morgan fingerprint density at radius 3 is 2.51 bits per heavy atom.